The molecule has 0 aliphatic rings. The molecule has 0 spiro atoms. The lowest BCUT2D eigenvalue weighted by Gasteiger charge is -2.03. The quantitative estimate of drug-likeness (QED) is 0.148. The Balaban J connectivity index is 1.33. The van der Waals surface area contributed by atoms with Gasteiger partial charge in [-0.25, -0.2) is 4.68 Å². The minimum atomic E-state index is 0.882. The smallest absolute Gasteiger partial charge is 0.113 e. The van der Waals surface area contributed by atoms with E-state index in [1.807, 2.05) is 24.3 Å². The molecular formula is C25H42N4. The van der Waals surface area contributed by atoms with Gasteiger partial charge in [-0.1, -0.05) is 121 Å². The maximum absolute atomic E-state index is 4.50. The number of rotatable bonds is 18. The average molecular weight is 399 g/mol. The highest BCUT2D eigenvalue weighted by atomic mass is 15.4. The zero-order valence-electron chi connectivity index (χ0n) is 18.7. The fourth-order valence-electron chi connectivity index (χ4n) is 3.86. The second-order valence-corrected chi connectivity index (χ2v) is 8.35. The average Bonchev–Trinajstić information content (AvgIpc) is 3.16. The Morgan fingerprint density at radius 3 is 1.83 bits per heavy atom. The Bertz CT molecular complexity index is 662. The molecule has 0 N–H and O–H groups in total. The summed E-state index contributed by atoms with van der Waals surface area (Å²) < 4.78 is 1.77. The molecule has 2 aromatic rings. The van der Waals surface area contributed by atoms with Crippen molar-refractivity contribution in [3.05, 3.63) is 24.3 Å². The van der Waals surface area contributed by atoms with Gasteiger partial charge in [-0.3, -0.25) is 4.99 Å². The van der Waals surface area contributed by atoms with E-state index in [1.165, 1.54) is 103 Å². The number of hydrogen-bond donors (Lipinski definition) is 0. The van der Waals surface area contributed by atoms with Crippen molar-refractivity contribution in [1.82, 2.24) is 15.0 Å². The molecule has 29 heavy (non-hydrogen) atoms. The molecular weight excluding hydrogens is 356 g/mol. The zero-order chi connectivity index (χ0) is 20.4. The summed E-state index contributed by atoms with van der Waals surface area (Å²) >= 11 is 0. The van der Waals surface area contributed by atoms with Crippen LogP contribution in [0, 0.1) is 0 Å². The number of benzene rings is 1. The molecule has 0 amide bonds. The largest absolute Gasteiger partial charge is 0.273 e. The zero-order valence-corrected chi connectivity index (χ0v) is 18.7. The van der Waals surface area contributed by atoms with Gasteiger partial charge in [0.1, 0.15) is 11.9 Å². The van der Waals surface area contributed by atoms with Crippen molar-refractivity contribution in [2.24, 2.45) is 4.99 Å². The van der Waals surface area contributed by atoms with Crippen LogP contribution in [0.25, 0.3) is 11.0 Å². The van der Waals surface area contributed by atoms with Crippen LogP contribution in [-0.2, 0) is 0 Å². The van der Waals surface area contributed by atoms with Crippen LogP contribution >= 0.6 is 0 Å². The van der Waals surface area contributed by atoms with Gasteiger partial charge in [-0.15, -0.1) is 5.10 Å². The van der Waals surface area contributed by atoms with Gasteiger partial charge in [-0.05, 0) is 18.6 Å². The molecule has 2 rings (SSSR count). The van der Waals surface area contributed by atoms with Crippen molar-refractivity contribution in [3.8, 4) is 0 Å². The Morgan fingerprint density at radius 2 is 1.24 bits per heavy atom. The van der Waals surface area contributed by atoms with Crippen molar-refractivity contribution in [2.75, 3.05) is 6.54 Å². The summed E-state index contributed by atoms with van der Waals surface area (Å²) in [5, 5.41) is 8.27. The molecule has 0 aliphatic carbocycles. The van der Waals surface area contributed by atoms with Gasteiger partial charge in [-0.2, -0.15) is 0 Å². The predicted octanol–water partition coefficient (Wildman–Crippen LogP) is 7.57. The van der Waals surface area contributed by atoms with Crippen molar-refractivity contribution in [2.45, 2.75) is 110 Å². The first-order valence-electron chi connectivity index (χ1n) is 12.2. The molecule has 0 aliphatic heterocycles. The number of unbranched alkanes of at least 4 members (excludes halogenated alkanes) is 15. The molecule has 1 aromatic heterocycles. The van der Waals surface area contributed by atoms with Crippen molar-refractivity contribution in [1.29, 1.82) is 0 Å². The lowest BCUT2D eigenvalue weighted by molar-refractivity contribution is 0.530. The highest BCUT2D eigenvalue weighted by Gasteiger charge is 1.99. The Labute approximate surface area is 178 Å². The summed E-state index contributed by atoms with van der Waals surface area (Å²) in [7, 11) is 0. The van der Waals surface area contributed by atoms with E-state index in [9.17, 15) is 0 Å². The molecule has 1 aromatic carbocycles. The van der Waals surface area contributed by atoms with Crippen LogP contribution in [0.3, 0.4) is 0 Å². The Hall–Kier alpha value is -1.71. The lowest BCUT2D eigenvalue weighted by atomic mass is 10.0. The number of para-hydroxylation sites is 1. The third-order valence-electron chi connectivity index (χ3n) is 5.71. The molecule has 0 fully saturated rings. The number of hydrogen-bond acceptors (Lipinski definition) is 3. The number of fused-ring (bicyclic) bond motifs is 1. The minimum absolute atomic E-state index is 0.882. The van der Waals surface area contributed by atoms with Gasteiger partial charge in [0.15, 0.2) is 0 Å². The van der Waals surface area contributed by atoms with E-state index in [-0.39, 0.29) is 0 Å². The van der Waals surface area contributed by atoms with Crippen molar-refractivity contribution >= 4 is 17.4 Å². The summed E-state index contributed by atoms with van der Waals surface area (Å²) in [4.78, 5) is 4.50. The summed E-state index contributed by atoms with van der Waals surface area (Å²) in [6.07, 6.45) is 24.2. The van der Waals surface area contributed by atoms with Gasteiger partial charge in [0.25, 0.3) is 0 Å². The monoisotopic (exact) mass is 398 g/mol. The first kappa shape index (κ1) is 23.6. The maximum atomic E-state index is 4.50. The molecule has 0 saturated carbocycles. The molecule has 0 unspecified atom stereocenters. The summed E-state index contributed by atoms with van der Waals surface area (Å²) in [5.74, 6) is 0. The molecule has 0 atom stereocenters. The van der Waals surface area contributed by atoms with Crippen LogP contribution < -0.4 is 0 Å². The topological polar surface area (TPSA) is 43.1 Å². The first-order valence-corrected chi connectivity index (χ1v) is 12.2. The molecule has 0 bridgehead atoms. The minimum Gasteiger partial charge on any atom is -0.273 e. The van der Waals surface area contributed by atoms with Gasteiger partial charge < -0.3 is 0 Å². The second-order valence-electron chi connectivity index (χ2n) is 8.35. The van der Waals surface area contributed by atoms with Crippen molar-refractivity contribution in [3.63, 3.8) is 0 Å². The van der Waals surface area contributed by atoms with E-state index in [2.05, 4.69) is 22.2 Å². The number of nitrogens with zero attached hydrogens (tertiary/aromatic N) is 4. The Kier molecular flexibility index (Phi) is 13.1. The predicted molar refractivity (Wildman–Crippen MR) is 126 cm³/mol. The van der Waals surface area contributed by atoms with E-state index in [1.54, 1.807) is 11.0 Å². The summed E-state index contributed by atoms with van der Waals surface area (Å²) in [5.41, 5.74) is 1.93. The van der Waals surface area contributed by atoms with Gasteiger partial charge in [0.05, 0.1) is 5.52 Å². The summed E-state index contributed by atoms with van der Waals surface area (Å²) in [6.45, 7) is 3.17. The highest BCUT2D eigenvalue weighted by Crippen LogP contribution is 2.13. The van der Waals surface area contributed by atoms with Crippen LogP contribution in [-0.4, -0.2) is 27.9 Å². The van der Waals surface area contributed by atoms with E-state index >= 15 is 0 Å². The molecule has 0 saturated heterocycles. The normalized spacial score (nSPS) is 11.8. The van der Waals surface area contributed by atoms with Gasteiger partial charge in [0, 0.05) is 6.54 Å². The Morgan fingerprint density at radius 1 is 0.724 bits per heavy atom. The third kappa shape index (κ3) is 10.6. The van der Waals surface area contributed by atoms with Crippen LogP contribution in [0.5, 0.6) is 0 Å². The molecule has 162 valence electrons. The molecule has 0 radical (unpaired) electrons. The van der Waals surface area contributed by atoms with E-state index in [0.717, 1.165) is 17.6 Å². The van der Waals surface area contributed by atoms with Crippen LogP contribution in [0.15, 0.2) is 29.3 Å². The van der Waals surface area contributed by atoms with Gasteiger partial charge in [0.2, 0.25) is 0 Å². The molecule has 4 nitrogen and oxygen atoms in total. The van der Waals surface area contributed by atoms with Crippen LogP contribution in [0.1, 0.15) is 110 Å². The first-order chi connectivity index (χ1) is 14.4. The molecule has 4 heteroatoms. The fourth-order valence-corrected chi connectivity index (χ4v) is 3.86. The highest BCUT2D eigenvalue weighted by molar-refractivity contribution is 5.80. The van der Waals surface area contributed by atoms with Crippen LogP contribution in [0.2, 0.25) is 0 Å². The third-order valence-corrected chi connectivity index (χ3v) is 5.71. The lowest BCUT2D eigenvalue weighted by Crippen LogP contribution is -1.98. The standard InChI is InChI=1S/C25H42N4/c1-2-3-4-5-6-7-8-9-10-11-12-13-14-15-16-19-22-26-23-29-25-21-18-17-20-24(25)27-28-29/h17-18,20-21,23H,2-16,19,22H2,1H3. The fraction of sp³-hybridized carbons (Fsp3) is 0.720. The van der Waals surface area contributed by atoms with Crippen molar-refractivity contribution < 1.29 is 0 Å². The summed E-state index contributed by atoms with van der Waals surface area (Å²) in [6, 6.07) is 7.99. The maximum Gasteiger partial charge on any atom is 0.113 e. The van der Waals surface area contributed by atoms with E-state index in [4.69, 9.17) is 0 Å². The SMILES string of the molecule is CCCCCCCCCCCCCCCCCCN=Cn1nnc2ccccc21. The van der Waals surface area contributed by atoms with E-state index in [0.29, 0.717) is 0 Å². The molecule has 1 heterocycles. The second kappa shape index (κ2) is 16.1. The van der Waals surface area contributed by atoms with E-state index < -0.39 is 0 Å². The van der Waals surface area contributed by atoms with Crippen LogP contribution in [0.4, 0.5) is 0 Å². The van der Waals surface area contributed by atoms with Gasteiger partial charge >= 0.3 is 0 Å². The number of aliphatic imine (C=N–C) groups is 1. The number of aromatic nitrogens is 3.